The number of alkyl halides is 1. The summed E-state index contributed by atoms with van der Waals surface area (Å²) in [4.78, 5) is 11.0. The number of rotatable bonds is 4. The minimum atomic E-state index is 0.465. The van der Waals surface area contributed by atoms with Crippen LogP contribution >= 0.6 is 11.6 Å². The monoisotopic (exact) mass is 269 g/mol. The molecule has 18 heavy (non-hydrogen) atoms. The Bertz CT molecular complexity index is 394. The summed E-state index contributed by atoms with van der Waals surface area (Å²) in [6, 6.07) is 0. The van der Waals surface area contributed by atoms with Crippen LogP contribution in [-0.2, 0) is 10.6 Å². The molecule has 0 aliphatic carbocycles. The minimum Gasteiger partial charge on any atom is -0.381 e. The average molecular weight is 270 g/mol. The first-order valence-corrected chi connectivity index (χ1v) is 6.91. The second-order valence-corrected chi connectivity index (χ2v) is 5.15. The van der Waals surface area contributed by atoms with Gasteiger partial charge in [0.25, 0.3) is 0 Å². The van der Waals surface area contributed by atoms with E-state index in [1.165, 1.54) is 6.42 Å². The summed E-state index contributed by atoms with van der Waals surface area (Å²) >= 11 is 5.81. The standard InChI is InChI=1S/C13H20ClN3O/c1-10-12(6-14)7-15-13(16-10)17(2)8-11-4-3-5-18-9-11/h7,11H,3-6,8-9H2,1-2H3. The molecule has 1 unspecified atom stereocenters. The van der Waals surface area contributed by atoms with Crippen LogP contribution in [0, 0.1) is 12.8 Å². The Hall–Kier alpha value is -0.870. The maximum atomic E-state index is 5.81. The fourth-order valence-corrected chi connectivity index (χ4v) is 2.48. The van der Waals surface area contributed by atoms with Gasteiger partial charge in [-0.15, -0.1) is 11.6 Å². The lowest BCUT2D eigenvalue weighted by atomic mass is 10.0. The summed E-state index contributed by atoms with van der Waals surface area (Å²) < 4.78 is 5.49. The zero-order valence-electron chi connectivity index (χ0n) is 11.0. The highest BCUT2D eigenvalue weighted by Crippen LogP contribution is 2.17. The molecule has 0 spiro atoms. The molecule has 0 N–H and O–H groups in total. The average Bonchev–Trinajstić information content (AvgIpc) is 2.39. The molecule has 0 bridgehead atoms. The van der Waals surface area contributed by atoms with E-state index in [1.54, 1.807) is 0 Å². The van der Waals surface area contributed by atoms with Crippen LogP contribution in [0.1, 0.15) is 24.1 Å². The molecule has 2 rings (SSSR count). The van der Waals surface area contributed by atoms with Crippen molar-refractivity contribution in [3.63, 3.8) is 0 Å². The van der Waals surface area contributed by atoms with E-state index in [0.29, 0.717) is 11.8 Å². The van der Waals surface area contributed by atoms with Crippen LogP contribution in [0.25, 0.3) is 0 Å². The Balaban J connectivity index is 1.99. The summed E-state index contributed by atoms with van der Waals surface area (Å²) in [6.45, 7) is 4.67. The zero-order chi connectivity index (χ0) is 13.0. The third-order valence-corrected chi connectivity index (χ3v) is 3.63. The molecular formula is C13H20ClN3O. The summed E-state index contributed by atoms with van der Waals surface area (Å²) in [5.74, 6) is 1.82. The van der Waals surface area contributed by atoms with Crippen molar-refractivity contribution in [1.82, 2.24) is 9.97 Å². The maximum Gasteiger partial charge on any atom is 0.225 e. The largest absolute Gasteiger partial charge is 0.381 e. The molecule has 0 saturated carbocycles. The summed E-state index contributed by atoms with van der Waals surface area (Å²) in [6.07, 6.45) is 4.20. The first-order chi connectivity index (χ1) is 8.70. The molecule has 0 aromatic carbocycles. The van der Waals surface area contributed by atoms with Crippen LogP contribution in [0.15, 0.2) is 6.20 Å². The lowest BCUT2D eigenvalue weighted by Gasteiger charge is -2.27. The van der Waals surface area contributed by atoms with E-state index in [9.17, 15) is 0 Å². The van der Waals surface area contributed by atoms with Gasteiger partial charge in [0.15, 0.2) is 0 Å². The molecule has 1 aliphatic heterocycles. The Morgan fingerprint density at radius 1 is 1.56 bits per heavy atom. The predicted octanol–water partition coefficient (Wildman–Crippen LogP) is 2.39. The number of nitrogens with zero attached hydrogens (tertiary/aromatic N) is 3. The van der Waals surface area contributed by atoms with E-state index in [0.717, 1.165) is 43.4 Å². The summed E-state index contributed by atoms with van der Waals surface area (Å²) in [5, 5.41) is 0. The molecule has 1 fully saturated rings. The van der Waals surface area contributed by atoms with Crippen molar-refractivity contribution in [1.29, 1.82) is 0 Å². The molecule has 5 heteroatoms. The topological polar surface area (TPSA) is 38.2 Å². The number of aryl methyl sites for hydroxylation is 1. The summed E-state index contributed by atoms with van der Waals surface area (Å²) in [7, 11) is 2.03. The molecule has 1 saturated heterocycles. The van der Waals surface area contributed by atoms with Gasteiger partial charge in [-0.3, -0.25) is 0 Å². The molecule has 1 aliphatic rings. The number of hydrogen-bond donors (Lipinski definition) is 0. The minimum absolute atomic E-state index is 0.465. The molecule has 2 heterocycles. The van der Waals surface area contributed by atoms with Crippen LogP contribution in [0.2, 0.25) is 0 Å². The van der Waals surface area contributed by atoms with Crippen molar-refractivity contribution in [3.8, 4) is 0 Å². The maximum absolute atomic E-state index is 5.81. The molecule has 1 aromatic heterocycles. The third-order valence-electron chi connectivity index (χ3n) is 3.34. The summed E-state index contributed by atoms with van der Waals surface area (Å²) in [5.41, 5.74) is 1.96. The van der Waals surface area contributed by atoms with E-state index in [4.69, 9.17) is 16.3 Å². The second-order valence-electron chi connectivity index (χ2n) is 4.88. The molecule has 100 valence electrons. The van der Waals surface area contributed by atoms with Gasteiger partial charge in [-0.25, -0.2) is 9.97 Å². The van der Waals surface area contributed by atoms with Gasteiger partial charge in [0.2, 0.25) is 5.95 Å². The van der Waals surface area contributed by atoms with Crippen molar-refractivity contribution in [2.75, 3.05) is 31.7 Å². The lowest BCUT2D eigenvalue weighted by molar-refractivity contribution is 0.0575. The van der Waals surface area contributed by atoms with E-state index < -0.39 is 0 Å². The Labute approximate surface area is 113 Å². The molecule has 0 amide bonds. The fraction of sp³-hybridized carbons (Fsp3) is 0.692. The van der Waals surface area contributed by atoms with E-state index in [1.807, 2.05) is 20.2 Å². The normalized spacial score (nSPS) is 19.8. The number of aromatic nitrogens is 2. The van der Waals surface area contributed by atoms with E-state index in [2.05, 4.69) is 14.9 Å². The van der Waals surface area contributed by atoms with Crippen LogP contribution < -0.4 is 4.90 Å². The zero-order valence-corrected chi connectivity index (χ0v) is 11.8. The number of ether oxygens (including phenoxy) is 1. The third kappa shape index (κ3) is 3.33. The smallest absolute Gasteiger partial charge is 0.225 e. The van der Waals surface area contributed by atoms with Crippen LogP contribution in [0.4, 0.5) is 5.95 Å². The van der Waals surface area contributed by atoms with Crippen LogP contribution in [0.3, 0.4) is 0 Å². The van der Waals surface area contributed by atoms with E-state index >= 15 is 0 Å². The van der Waals surface area contributed by atoms with Gasteiger partial charge in [0.1, 0.15) is 0 Å². The lowest BCUT2D eigenvalue weighted by Crippen LogP contribution is -2.32. The van der Waals surface area contributed by atoms with Gasteiger partial charge in [0, 0.05) is 37.7 Å². The van der Waals surface area contributed by atoms with Crippen molar-refractivity contribution in [2.45, 2.75) is 25.6 Å². The van der Waals surface area contributed by atoms with E-state index in [-0.39, 0.29) is 0 Å². The first kappa shape index (κ1) is 13.6. The van der Waals surface area contributed by atoms with Crippen molar-refractivity contribution >= 4 is 17.5 Å². The number of anilines is 1. The SMILES string of the molecule is Cc1nc(N(C)CC2CCCOC2)ncc1CCl. The molecule has 1 aromatic rings. The highest BCUT2D eigenvalue weighted by molar-refractivity contribution is 6.17. The molecule has 0 radical (unpaired) electrons. The fourth-order valence-electron chi connectivity index (χ4n) is 2.22. The Kier molecular flexibility index (Phi) is 4.78. The number of hydrogen-bond acceptors (Lipinski definition) is 4. The van der Waals surface area contributed by atoms with Crippen molar-refractivity contribution < 1.29 is 4.74 Å². The molecular weight excluding hydrogens is 250 g/mol. The first-order valence-electron chi connectivity index (χ1n) is 6.38. The molecule has 1 atom stereocenters. The van der Waals surface area contributed by atoms with Crippen LogP contribution in [-0.4, -0.2) is 36.8 Å². The Morgan fingerprint density at radius 3 is 3.00 bits per heavy atom. The Morgan fingerprint density at radius 2 is 2.39 bits per heavy atom. The van der Waals surface area contributed by atoms with Gasteiger partial charge < -0.3 is 9.64 Å². The van der Waals surface area contributed by atoms with Gasteiger partial charge in [0.05, 0.1) is 12.5 Å². The van der Waals surface area contributed by atoms with Gasteiger partial charge in [-0.2, -0.15) is 0 Å². The van der Waals surface area contributed by atoms with Gasteiger partial charge >= 0.3 is 0 Å². The quantitative estimate of drug-likeness (QED) is 0.787. The highest BCUT2D eigenvalue weighted by atomic mass is 35.5. The predicted molar refractivity (Wildman–Crippen MR) is 73.1 cm³/mol. The van der Waals surface area contributed by atoms with Gasteiger partial charge in [-0.05, 0) is 25.7 Å². The number of halogens is 1. The molecule has 4 nitrogen and oxygen atoms in total. The van der Waals surface area contributed by atoms with Crippen LogP contribution in [0.5, 0.6) is 0 Å². The highest BCUT2D eigenvalue weighted by Gasteiger charge is 2.17. The second kappa shape index (κ2) is 6.34. The van der Waals surface area contributed by atoms with Gasteiger partial charge in [-0.1, -0.05) is 0 Å². The van der Waals surface area contributed by atoms with Crippen molar-refractivity contribution in [3.05, 3.63) is 17.5 Å². The van der Waals surface area contributed by atoms with Crippen molar-refractivity contribution in [2.24, 2.45) is 5.92 Å².